The summed E-state index contributed by atoms with van der Waals surface area (Å²) in [6, 6.07) is 3.69. The molecule has 13 heavy (non-hydrogen) atoms. The van der Waals surface area contributed by atoms with Gasteiger partial charge in [0.2, 0.25) is 0 Å². The molecule has 0 bridgehead atoms. The monoisotopic (exact) mass is 197 g/mol. The molecule has 2 nitrogen and oxygen atoms in total. The van der Waals surface area contributed by atoms with Gasteiger partial charge in [0.25, 0.3) is 0 Å². The van der Waals surface area contributed by atoms with Crippen LogP contribution in [0.3, 0.4) is 0 Å². The molecular weight excluding hydrogens is 186 g/mol. The van der Waals surface area contributed by atoms with Gasteiger partial charge < -0.3 is 10.8 Å². The van der Waals surface area contributed by atoms with Crippen molar-refractivity contribution in [2.45, 2.75) is 25.3 Å². The summed E-state index contributed by atoms with van der Waals surface area (Å²) in [5.41, 5.74) is 7.90. The van der Waals surface area contributed by atoms with Crippen LogP contribution in [0.5, 0.6) is 5.75 Å². The van der Waals surface area contributed by atoms with Gasteiger partial charge in [0, 0.05) is 11.6 Å². The molecule has 0 aliphatic heterocycles. The maximum absolute atomic E-state index is 9.67. The molecule has 3 N–H and O–H groups in total. The minimum absolute atomic E-state index is 0.0620. The number of benzene rings is 1. The van der Waals surface area contributed by atoms with Crippen LogP contribution in [0.2, 0.25) is 5.02 Å². The number of hydrogen-bond acceptors (Lipinski definition) is 2. The lowest BCUT2D eigenvalue weighted by Gasteiger charge is -2.23. The highest BCUT2D eigenvalue weighted by molar-refractivity contribution is 6.32. The molecule has 2 rings (SSSR count). The highest BCUT2D eigenvalue weighted by atomic mass is 35.5. The lowest BCUT2D eigenvalue weighted by Crippen LogP contribution is -2.17. The highest BCUT2D eigenvalue weighted by Gasteiger charge is 2.20. The molecule has 1 aromatic rings. The first-order chi connectivity index (χ1) is 6.20. The fourth-order valence-corrected chi connectivity index (χ4v) is 2.06. The molecule has 0 heterocycles. The van der Waals surface area contributed by atoms with Crippen LogP contribution in [0.25, 0.3) is 0 Å². The van der Waals surface area contributed by atoms with Gasteiger partial charge in [-0.3, -0.25) is 0 Å². The van der Waals surface area contributed by atoms with Crippen molar-refractivity contribution in [1.29, 1.82) is 0 Å². The topological polar surface area (TPSA) is 46.2 Å². The summed E-state index contributed by atoms with van der Waals surface area (Å²) in [5.74, 6) is 0.217. The summed E-state index contributed by atoms with van der Waals surface area (Å²) >= 11 is 5.80. The minimum atomic E-state index is 0.0620. The Kier molecular flexibility index (Phi) is 2.18. The van der Waals surface area contributed by atoms with Gasteiger partial charge in [0.15, 0.2) is 0 Å². The van der Waals surface area contributed by atoms with Gasteiger partial charge in [-0.25, -0.2) is 0 Å². The van der Waals surface area contributed by atoms with E-state index < -0.39 is 0 Å². The standard InChI is InChI=1S/C10H12ClNO/c11-8-5-4-6-7(10(8)13)2-1-3-9(6)12/h4-5,9,13H,1-3,12H2/t9-/m0/s1. The lowest BCUT2D eigenvalue weighted by molar-refractivity contribution is 0.455. The van der Waals surface area contributed by atoms with Crippen molar-refractivity contribution in [3.8, 4) is 5.75 Å². The van der Waals surface area contributed by atoms with E-state index in [1.165, 1.54) is 0 Å². The number of hydrogen-bond donors (Lipinski definition) is 2. The van der Waals surface area contributed by atoms with Crippen LogP contribution in [0.1, 0.15) is 30.0 Å². The number of nitrogens with two attached hydrogens (primary N) is 1. The third kappa shape index (κ3) is 1.40. The number of aromatic hydroxyl groups is 1. The van der Waals surface area contributed by atoms with E-state index in [1.54, 1.807) is 6.07 Å². The fourth-order valence-electron chi connectivity index (χ4n) is 1.89. The fraction of sp³-hybridized carbons (Fsp3) is 0.400. The third-order valence-corrected chi connectivity index (χ3v) is 2.92. The smallest absolute Gasteiger partial charge is 0.137 e. The van der Waals surface area contributed by atoms with Gasteiger partial charge in [-0.15, -0.1) is 0 Å². The summed E-state index contributed by atoms with van der Waals surface area (Å²) in [7, 11) is 0. The number of fused-ring (bicyclic) bond motifs is 1. The summed E-state index contributed by atoms with van der Waals surface area (Å²) in [5, 5.41) is 10.1. The molecule has 0 amide bonds. The molecule has 0 unspecified atom stereocenters. The SMILES string of the molecule is N[C@H]1CCCc2c1ccc(Cl)c2O. The van der Waals surface area contributed by atoms with Crippen molar-refractivity contribution < 1.29 is 5.11 Å². The summed E-state index contributed by atoms with van der Waals surface area (Å²) < 4.78 is 0. The van der Waals surface area contributed by atoms with E-state index in [9.17, 15) is 5.11 Å². The van der Waals surface area contributed by atoms with E-state index in [1.807, 2.05) is 6.07 Å². The zero-order valence-electron chi connectivity index (χ0n) is 7.26. The first-order valence-electron chi connectivity index (χ1n) is 4.46. The zero-order valence-corrected chi connectivity index (χ0v) is 8.01. The van der Waals surface area contributed by atoms with Gasteiger partial charge in [-0.1, -0.05) is 17.7 Å². The van der Waals surface area contributed by atoms with Gasteiger partial charge in [0.1, 0.15) is 5.75 Å². The van der Waals surface area contributed by atoms with Crippen LogP contribution < -0.4 is 5.73 Å². The largest absolute Gasteiger partial charge is 0.506 e. The molecule has 3 heteroatoms. The Bertz CT molecular complexity index is 338. The Balaban J connectivity index is 2.56. The summed E-state index contributed by atoms with van der Waals surface area (Å²) in [4.78, 5) is 0. The van der Waals surface area contributed by atoms with Gasteiger partial charge in [-0.2, -0.15) is 0 Å². The first kappa shape index (κ1) is 8.85. The Morgan fingerprint density at radius 2 is 2.23 bits per heavy atom. The molecule has 70 valence electrons. The van der Waals surface area contributed by atoms with Crippen molar-refractivity contribution in [3.63, 3.8) is 0 Å². The Labute approximate surface area is 82.3 Å². The predicted octanol–water partition coefficient (Wildman–Crippen LogP) is 2.38. The van der Waals surface area contributed by atoms with E-state index in [0.29, 0.717) is 5.02 Å². The number of halogens is 1. The second-order valence-electron chi connectivity index (χ2n) is 3.46. The quantitative estimate of drug-likeness (QED) is 0.671. The molecule has 0 radical (unpaired) electrons. The average molecular weight is 198 g/mol. The van der Waals surface area contributed by atoms with Crippen LogP contribution >= 0.6 is 11.6 Å². The van der Waals surface area contributed by atoms with E-state index >= 15 is 0 Å². The number of phenols is 1. The summed E-state index contributed by atoms with van der Waals surface area (Å²) in [6.07, 6.45) is 2.91. The Hall–Kier alpha value is -0.730. The van der Waals surface area contributed by atoms with Crippen LogP contribution in [0.15, 0.2) is 12.1 Å². The zero-order chi connectivity index (χ0) is 9.42. The van der Waals surface area contributed by atoms with E-state index in [2.05, 4.69) is 0 Å². The normalized spacial score (nSPS) is 21.2. The molecule has 0 aromatic heterocycles. The Morgan fingerprint density at radius 1 is 1.46 bits per heavy atom. The molecule has 1 aliphatic carbocycles. The van der Waals surface area contributed by atoms with Crippen molar-refractivity contribution in [1.82, 2.24) is 0 Å². The maximum Gasteiger partial charge on any atom is 0.137 e. The second kappa shape index (κ2) is 3.20. The van der Waals surface area contributed by atoms with Crippen LogP contribution in [0.4, 0.5) is 0 Å². The molecule has 0 saturated carbocycles. The van der Waals surface area contributed by atoms with E-state index in [0.717, 1.165) is 30.4 Å². The Morgan fingerprint density at radius 3 is 3.00 bits per heavy atom. The molecule has 1 atom stereocenters. The minimum Gasteiger partial charge on any atom is -0.506 e. The molecule has 0 saturated heterocycles. The average Bonchev–Trinajstić information content (AvgIpc) is 2.12. The van der Waals surface area contributed by atoms with Crippen LogP contribution in [0, 0.1) is 0 Å². The van der Waals surface area contributed by atoms with E-state index in [-0.39, 0.29) is 11.8 Å². The highest BCUT2D eigenvalue weighted by Crippen LogP contribution is 2.37. The van der Waals surface area contributed by atoms with Crippen LogP contribution in [-0.4, -0.2) is 5.11 Å². The second-order valence-corrected chi connectivity index (χ2v) is 3.87. The molecule has 1 aliphatic rings. The van der Waals surface area contributed by atoms with Crippen molar-refractivity contribution in [2.24, 2.45) is 5.73 Å². The van der Waals surface area contributed by atoms with Crippen molar-refractivity contribution >= 4 is 11.6 Å². The molecule has 0 spiro atoms. The van der Waals surface area contributed by atoms with Crippen LogP contribution in [-0.2, 0) is 6.42 Å². The number of rotatable bonds is 0. The van der Waals surface area contributed by atoms with Gasteiger partial charge >= 0.3 is 0 Å². The summed E-state index contributed by atoms with van der Waals surface area (Å²) in [6.45, 7) is 0. The maximum atomic E-state index is 9.67. The first-order valence-corrected chi connectivity index (χ1v) is 4.84. The lowest BCUT2D eigenvalue weighted by atomic mass is 9.88. The molecular formula is C10H12ClNO. The van der Waals surface area contributed by atoms with Crippen molar-refractivity contribution in [3.05, 3.63) is 28.3 Å². The molecule has 1 aromatic carbocycles. The van der Waals surface area contributed by atoms with Crippen molar-refractivity contribution in [2.75, 3.05) is 0 Å². The van der Waals surface area contributed by atoms with Gasteiger partial charge in [-0.05, 0) is 30.9 Å². The predicted molar refractivity (Wildman–Crippen MR) is 53.0 cm³/mol. The number of phenolic OH excluding ortho intramolecular Hbond substituents is 1. The van der Waals surface area contributed by atoms with Gasteiger partial charge in [0.05, 0.1) is 5.02 Å². The third-order valence-electron chi connectivity index (χ3n) is 2.61. The van der Waals surface area contributed by atoms with E-state index in [4.69, 9.17) is 17.3 Å². The molecule has 0 fully saturated rings.